The van der Waals surface area contributed by atoms with E-state index in [2.05, 4.69) is 33.1 Å². The van der Waals surface area contributed by atoms with Gasteiger partial charge in [-0.2, -0.15) is 15.2 Å². The zero-order valence-corrected chi connectivity index (χ0v) is 22.6. The molecule has 1 aromatic heterocycles. The number of aromatic nitrogens is 2. The first-order valence-corrected chi connectivity index (χ1v) is 14.1. The molecular weight excluding hydrogens is 493 g/mol. The predicted molar refractivity (Wildman–Crippen MR) is 151 cm³/mol. The molecule has 2 atom stereocenters. The van der Waals surface area contributed by atoms with E-state index in [0.717, 1.165) is 73.3 Å². The number of rotatable bonds is 6. The van der Waals surface area contributed by atoms with Gasteiger partial charge in [0.2, 0.25) is 0 Å². The third-order valence-corrected chi connectivity index (χ3v) is 8.38. The van der Waals surface area contributed by atoms with Gasteiger partial charge in [0.15, 0.2) is 0 Å². The molecule has 8 nitrogen and oxygen atoms in total. The minimum atomic E-state index is -0.214. The Labute approximate surface area is 229 Å². The van der Waals surface area contributed by atoms with E-state index in [0.29, 0.717) is 43.9 Å². The maximum Gasteiger partial charge on any atom is 0.318 e. The summed E-state index contributed by atoms with van der Waals surface area (Å²) in [6.45, 7) is 5.15. The first-order valence-electron chi connectivity index (χ1n) is 14.1. The second kappa shape index (κ2) is 11.3. The molecule has 3 aliphatic rings. The van der Waals surface area contributed by atoms with Crippen LogP contribution in [-0.4, -0.2) is 73.3 Å². The van der Waals surface area contributed by atoms with E-state index in [1.807, 2.05) is 30.3 Å². The van der Waals surface area contributed by atoms with Crippen molar-refractivity contribution in [3.8, 4) is 12.1 Å². The lowest BCUT2D eigenvalue weighted by Crippen LogP contribution is -2.51. The van der Waals surface area contributed by atoms with Gasteiger partial charge in [-0.3, -0.25) is 0 Å². The summed E-state index contributed by atoms with van der Waals surface area (Å²) in [6.07, 6.45) is 4.41. The molecule has 0 unspecified atom stereocenters. The van der Waals surface area contributed by atoms with Crippen LogP contribution in [0.25, 0.3) is 10.8 Å². The molecule has 204 valence electrons. The molecule has 0 radical (unpaired) electrons. The third kappa shape index (κ3) is 5.36. The van der Waals surface area contributed by atoms with Gasteiger partial charge in [-0.15, -0.1) is 0 Å². The summed E-state index contributed by atoms with van der Waals surface area (Å²) in [5.74, 6) is 0.688. The van der Waals surface area contributed by atoms with Crippen molar-refractivity contribution in [1.29, 1.82) is 5.26 Å². The number of anilines is 2. The summed E-state index contributed by atoms with van der Waals surface area (Å²) in [4.78, 5) is 16.7. The second-order valence-corrected chi connectivity index (χ2v) is 10.9. The quantitative estimate of drug-likeness (QED) is 0.515. The molecule has 0 aliphatic carbocycles. The van der Waals surface area contributed by atoms with Crippen LogP contribution in [0, 0.1) is 17.1 Å². The lowest BCUT2D eigenvalue weighted by Gasteiger charge is -2.35. The molecule has 39 heavy (non-hydrogen) atoms. The van der Waals surface area contributed by atoms with Gasteiger partial charge >= 0.3 is 6.01 Å². The second-order valence-electron chi connectivity index (χ2n) is 10.9. The molecule has 0 saturated carbocycles. The Hall–Kier alpha value is -3.48. The Morgan fingerprint density at radius 3 is 2.85 bits per heavy atom. The summed E-state index contributed by atoms with van der Waals surface area (Å²) in [7, 11) is 2.14. The Morgan fingerprint density at radius 1 is 1.10 bits per heavy atom. The molecule has 0 spiro atoms. The number of fused-ring (bicyclic) bond motifs is 2. The smallest absolute Gasteiger partial charge is 0.318 e. The molecule has 0 bridgehead atoms. The highest BCUT2D eigenvalue weighted by Crippen LogP contribution is 2.35. The van der Waals surface area contributed by atoms with E-state index in [4.69, 9.17) is 14.7 Å². The summed E-state index contributed by atoms with van der Waals surface area (Å²) in [5.41, 5.74) is 2.64. The lowest BCUT2D eigenvalue weighted by molar-refractivity contribution is 0.187. The maximum atomic E-state index is 15.4. The van der Waals surface area contributed by atoms with Crippen molar-refractivity contribution in [2.75, 3.05) is 56.2 Å². The van der Waals surface area contributed by atoms with Gasteiger partial charge in [-0.25, -0.2) is 4.39 Å². The summed E-state index contributed by atoms with van der Waals surface area (Å²) >= 11 is 0. The maximum absolute atomic E-state index is 15.4. The number of hydrogen-bond donors (Lipinski definition) is 1. The van der Waals surface area contributed by atoms with E-state index < -0.39 is 0 Å². The van der Waals surface area contributed by atoms with Crippen LogP contribution in [0.15, 0.2) is 36.4 Å². The van der Waals surface area contributed by atoms with Gasteiger partial charge in [-0.05, 0) is 50.7 Å². The van der Waals surface area contributed by atoms with E-state index in [1.165, 1.54) is 6.42 Å². The van der Waals surface area contributed by atoms with Crippen LogP contribution < -0.4 is 19.9 Å². The molecule has 0 amide bonds. The minimum Gasteiger partial charge on any atom is -0.462 e. The van der Waals surface area contributed by atoms with E-state index in [-0.39, 0.29) is 11.9 Å². The van der Waals surface area contributed by atoms with Gasteiger partial charge in [0.05, 0.1) is 30.4 Å². The standard InChI is InChI=1S/C30H36FN7O/c1-36-15-4-7-23(36)20-39-30-34-27-19-37(28-24-8-3-2-6-21(24)10-11-26(28)31)16-5-9-25(27)29(35-30)38-17-14-33-22(18-38)12-13-32/h2-3,6,8,10-11,22-23,33H,4-5,7,9,12,14-20H2,1H3/t22-,23-/m0/s1. The summed E-state index contributed by atoms with van der Waals surface area (Å²) in [6, 6.07) is 14.5. The van der Waals surface area contributed by atoms with Gasteiger partial charge < -0.3 is 24.8 Å². The number of piperazine rings is 1. The number of nitrogens with one attached hydrogen (secondary N) is 1. The van der Waals surface area contributed by atoms with Crippen molar-refractivity contribution in [3.05, 3.63) is 53.5 Å². The number of hydrogen-bond acceptors (Lipinski definition) is 8. The molecule has 1 N–H and O–H groups in total. The van der Waals surface area contributed by atoms with Gasteiger partial charge in [-0.1, -0.05) is 30.3 Å². The molecule has 2 fully saturated rings. The van der Waals surface area contributed by atoms with Crippen LogP contribution in [0.3, 0.4) is 0 Å². The number of nitriles is 1. The van der Waals surface area contributed by atoms with Crippen LogP contribution in [0.4, 0.5) is 15.9 Å². The number of ether oxygens (including phenoxy) is 1. The van der Waals surface area contributed by atoms with Crippen molar-refractivity contribution in [3.63, 3.8) is 0 Å². The lowest BCUT2D eigenvalue weighted by atomic mass is 10.1. The Balaban J connectivity index is 1.37. The third-order valence-electron chi connectivity index (χ3n) is 8.38. The molecule has 6 rings (SSSR count). The molecule has 2 aromatic carbocycles. The van der Waals surface area contributed by atoms with Crippen molar-refractivity contribution in [2.45, 2.75) is 50.7 Å². The summed E-state index contributed by atoms with van der Waals surface area (Å²) in [5, 5.41) is 14.7. The van der Waals surface area contributed by atoms with Crippen LogP contribution in [-0.2, 0) is 13.0 Å². The number of likely N-dealkylation sites (N-methyl/N-ethyl adjacent to an activating group) is 1. The molecule has 3 aromatic rings. The SMILES string of the molecule is CN1CCC[C@H]1COc1nc2c(c(N3CCN[C@@H](CC#N)C3)n1)CCCN(c1c(F)ccc3ccccc13)C2. The van der Waals surface area contributed by atoms with Crippen LogP contribution in [0.5, 0.6) is 6.01 Å². The molecule has 9 heteroatoms. The molecule has 2 saturated heterocycles. The van der Waals surface area contributed by atoms with E-state index in [1.54, 1.807) is 6.07 Å². The predicted octanol–water partition coefficient (Wildman–Crippen LogP) is 3.89. The van der Waals surface area contributed by atoms with Crippen molar-refractivity contribution in [2.24, 2.45) is 0 Å². The molecule has 4 heterocycles. The highest BCUT2D eigenvalue weighted by molar-refractivity contribution is 5.94. The molecular formula is C30H36FN7O. The fourth-order valence-electron chi connectivity index (χ4n) is 6.28. The van der Waals surface area contributed by atoms with Gasteiger partial charge in [0, 0.05) is 49.2 Å². The van der Waals surface area contributed by atoms with Crippen molar-refractivity contribution < 1.29 is 9.13 Å². The number of benzene rings is 2. The van der Waals surface area contributed by atoms with E-state index in [9.17, 15) is 5.26 Å². The monoisotopic (exact) mass is 529 g/mol. The average molecular weight is 530 g/mol. The molecule has 3 aliphatic heterocycles. The normalized spacial score (nSPS) is 22.0. The van der Waals surface area contributed by atoms with Crippen molar-refractivity contribution in [1.82, 2.24) is 20.2 Å². The fraction of sp³-hybridized carbons (Fsp3) is 0.500. The highest BCUT2D eigenvalue weighted by Gasteiger charge is 2.29. The Kier molecular flexibility index (Phi) is 7.49. The van der Waals surface area contributed by atoms with Crippen LogP contribution >= 0.6 is 0 Å². The minimum absolute atomic E-state index is 0.0953. The first-order chi connectivity index (χ1) is 19.1. The Bertz CT molecular complexity index is 1380. The zero-order valence-electron chi connectivity index (χ0n) is 22.6. The van der Waals surface area contributed by atoms with E-state index >= 15 is 4.39 Å². The average Bonchev–Trinajstić information content (AvgIpc) is 3.24. The van der Waals surface area contributed by atoms with Gasteiger partial charge in [0.25, 0.3) is 0 Å². The van der Waals surface area contributed by atoms with Crippen LogP contribution in [0.1, 0.15) is 36.9 Å². The number of nitrogens with zero attached hydrogens (tertiary/aromatic N) is 6. The van der Waals surface area contributed by atoms with Crippen molar-refractivity contribution >= 4 is 22.3 Å². The largest absolute Gasteiger partial charge is 0.462 e. The topological polar surface area (TPSA) is 80.5 Å². The number of likely N-dealkylation sites (tertiary alicyclic amines) is 1. The number of halogens is 1. The van der Waals surface area contributed by atoms with Crippen LogP contribution in [0.2, 0.25) is 0 Å². The highest BCUT2D eigenvalue weighted by atomic mass is 19.1. The fourth-order valence-corrected chi connectivity index (χ4v) is 6.28. The summed E-state index contributed by atoms with van der Waals surface area (Å²) < 4.78 is 21.6. The van der Waals surface area contributed by atoms with Gasteiger partial charge in [0.1, 0.15) is 18.2 Å². The zero-order chi connectivity index (χ0) is 26.8. The Morgan fingerprint density at radius 2 is 2.00 bits per heavy atom. The first kappa shape index (κ1) is 25.8.